The Morgan fingerprint density at radius 2 is 1.95 bits per heavy atom. The highest BCUT2D eigenvalue weighted by atomic mass is 32.2. The Bertz CT molecular complexity index is 581. The monoisotopic (exact) mass is 286 g/mol. The average molecular weight is 286 g/mol. The van der Waals surface area contributed by atoms with Crippen molar-refractivity contribution in [2.24, 2.45) is 0 Å². The topological polar surface area (TPSA) is 55.1 Å². The van der Waals surface area contributed by atoms with Crippen LogP contribution in [0.25, 0.3) is 0 Å². The lowest BCUT2D eigenvalue weighted by Gasteiger charge is -2.06. The van der Waals surface area contributed by atoms with Gasteiger partial charge in [0.1, 0.15) is 0 Å². The zero-order valence-electron chi connectivity index (χ0n) is 11.4. The van der Waals surface area contributed by atoms with Crippen molar-refractivity contribution < 1.29 is 4.79 Å². The molecule has 20 heavy (non-hydrogen) atoms. The van der Waals surface area contributed by atoms with E-state index in [-0.39, 0.29) is 5.91 Å². The van der Waals surface area contributed by atoms with Crippen LogP contribution >= 0.6 is 11.8 Å². The number of nitrogens with one attached hydrogen (secondary N) is 1. The van der Waals surface area contributed by atoms with Gasteiger partial charge in [-0.1, -0.05) is 12.1 Å². The molecule has 3 N–H and O–H groups in total. The molecule has 0 saturated carbocycles. The molecule has 0 spiro atoms. The van der Waals surface area contributed by atoms with E-state index in [1.54, 1.807) is 11.8 Å². The Balaban J connectivity index is 1.76. The lowest BCUT2D eigenvalue weighted by Crippen LogP contribution is -2.12. The van der Waals surface area contributed by atoms with Gasteiger partial charge in [-0.3, -0.25) is 4.79 Å². The molecule has 0 heterocycles. The molecule has 0 unspecified atom stereocenters. The first-order valence-corrected chi connectivity index (χ1v) is 7.47. The van der Waals surface area contributed by atoms with E-state index in [1.807, 2.05) is 55.5 Å². The maximum Gasteiger partial charge on any atom is 0.225 e. The largest absolute Gasteiger partial charge is 0.399 e. The van der Waals surface area contributed by atoms with Crippen LogP contribution in [-0.4, -0.2) is 11.7 Å². The minimum absolute atomic E-state index is 0.0403. The molecule has 0 aliphatic carbocycles. The van der Waals surface area contributed by atoms with Gasteiger partial charge >= 0.3 is 0 Å². The quantitative estimate of drug-likeness (QED) is 0.651. The van der Waals surface area contributed by atoms with Gasteiger partial charge in [-0.2, -0.15) is 0 Å². The van der Waals surface area contributed by atoms with Crippen LogP contribution in [0.5, 0.6) is 0 Å². The molecule has 0 radical (unpaired) electrons. The third-order valence-corrected chi connectivity index (χ3v) is 3.79. The van der Waals surface area contributed by atoms with Gasteiger partial charge < -0.3 is 11.1 Å². The number of nitrogens with two attached hydrogens (primary N) is 1. The fraction of sp³-hybridized carbons (Fsp3) is 0.188. The van der Waals surface area contributed by atoms with Crippen molar-refractivity contribution in [1.29, 1.82) is 0 Å². The second-order valence-corrected chi connectivity index (χ2v) is 5.75. The van der Waals surface area contributed by atoms with Crippen molar-refractivity contribution in [3.8, 4) is 0 Å². The smallest absolute Gasteiger partial charge is 0.225 e. The number of carbonyl (C=O) groups is 1. The van der Waals surface area contributed by atoms with Crippen molar-refractivity contribution in [1.82, 2.24) is 0 Å². The predicted octanol–water partition coefficient (Wildman–Crippen LogP) is 3.70. The van der Waals surface area contributed by atoms with Crippen LogP contribution in [-0.2, 0) is 4.79 Å². The molecule has 2 rings (SSSR count). The second kappa shape index (κ2) is 7.01. The van der Waals surface area contributed by atoms with Crippen LogP contribution in [0, 0.1) is 6.92 Å². The van der Waals surface area contributed by atoms with Crippen LogP contribution in [0.15, 0.2) is 53.4 Å². The molecule has 0 bridgehead atoms. The fourth-order valence-electron chi connectivity index (χ4n) is 1.77. The van der Waals surface area contributed by atoms with Gasteiger partial charge in [-0.05, 0) is 48.9 Å². The zero-order chi connectivity index (χ0) is 14.4. The third kappa shape index (κ3) is 4.63. The van der Waals surface area contributed by atoms with Gasteiger partial charge in [-0.25, -0.2) is 0 Å². The second-order valence-electron chi connectivity index (χ2n) is 4.59. The molecular weight excluding hydrogens is 268 g/mol. The fourth-order valence-corrected chi connectivity index (χ4v) is 2.62. The first kappa shape index (κ1) is 14.5. The molecule has 2 aromatic carbocycles. The van der Waals surface area contributed by atoms with Gasteiger partial charge in [0.2, 0.25) is 5.91 Å². The van der Waals surface area contributed by atoms with E-state index in [1.165, 1.54) is 0 Å². The standard InChI is InChI=1S/C16H18N2OS/c1-12-3-2-4-14(11-12)18-16(19)9-10-20-15-7-5-13(17)6-8-15/h2-8,11H,9-10,17H2,1H3,(H,18,19). The first-order valence-electron chi connectivity index (χ1n) is 6.48. The van der Waals surface area contributed by atoms with Gasteiger partial charge in [0, 0.05) is 28.4 Å². The number of amides is 1. The maximum atomic E-state index is 11.8. The molecule has 0 aliphatic rings. The van der Waals surface area contributed by atoms with E-state index in [4.69, 9.17) is 5.73 Å². The minimum atomic E-state index is 0.0403. The lowest BCUT2D eigenvalue weighted by molar-refractivity contribution is -0.115. The van der Waals surface area contributed by atoms with Crippen molar-refractivity contribution in [2.75, 3.05) is 16.8 Å². The molecule has 1 amide bonds. The molecular formula is C16H18N2OS. The Morgan fingerprint density at radius 1 is 1.20 bits per heavy atom. The normalized spacial score (nSPS) is 10.2. The van der Waals surface area contributed by atoms with Crippen LogP contribution in [0.2, 0.25) is 0 Å². The molecule has 3 nitrogen and oxygen atoms in total. The summed E-state index contributed by atoms with van der Waals surface area (Å²) in [5, 5.41) is 2.91. The Kier molecular flexibility index (Phi) is 5.07. The first-order chi connectivity index (χ1) is 9.63. The Morgan fingerprint density at radius 3 is 2.65 bits per heavy atom. The highest BCUT2D eigenvalue weighted by molar-refractivity contribution is 7.99. The van der Waals surface area contributed by atoms with Crippen LogP contribution in [0.4, 0.5) is 11.4 Å². The van der Waals surface area contributed by atoms with Crippen molar-refractivity contribution in [3.63, 3.8) is 0 Å². The summed E-state index contributed by atoms with van der Waals surface area (Å²) in [4.78, 5) is 13.0. The summed E-state index contributed by atoms with van der Waals surface area (Å²) >= 11 is 1.65. The minimum Gasteiger partial charge on any atom is -0.399 e. The molecule has 0 fully saturated rings. The molecule has 104 valence electrons. The van der Waals surface area contributed by atoms with Crippen molar-refractivity contribution in [2.45, 2.75) is 18.2 Å². The molecule has 2 aromatic rings. The number of aryl methyl sites for hydroxylation is 1. The van der Waals surface area contributed by atoms with Crippen molar-refractivity contribution in [3.05, 3.63) is 54.1 Å². The number of carbonyl (C=O) groups excluding carboxylic acids is 1. The summed E-state index contributed by atoms with van der Waals surface area (Å²) in [6, 6.07) is 15.5. The number of rotatable bonds is 5. The molecule has 0 aromatic heterocycles. The Hall–Kier alpha value is -1.94. The van der Waals surface area contributed by atoms with E-state index < -0.39 is 0 Å². The molecule has 0 atom stereocenters. The predicted molar refractivity (Wildman–Crippen MR) is 86.0 cm³/mol. The van der Waals surface area contributed by atoms with Gasteiger partial charge in [0.15, 0.2) is 0 Å². The van der Waals surface area contributed by atoms with Gasteiger partial charge in [-0.15, -0.1) is 11.8 Å². The summed E-state index contributed by atoms with van der Waals surface area (Å²) in [5.41, 5.74) is 8.38. The highest BCUT2D eigenvalue weighted by Crippen LogP contribution is 2.20. The highest BCUT2D eigenvalue weighted by Gasteiger charge is 2.03. The van der Waals surface area contributed by atoms with E-state index in [9.17, 15) is 4.79 Å². The van der Waals surface area contributed by atoms with Crippen LogP contribution in [0.3, 0.4) is 0 Å². The van der Waals surface area contributed by atoms with E-state index >= 15 is 0 Å². The molecule has 0 saturated heterocycles. The van der Waals surface area contributed by atoms with Crippen molar-refractivity contribution >= 4 is 29.0 Å². The summed E-state index contributed by atoms with van der Waals surface area (Å²) in [5.74, 6) is 0.792. The average Bonchev–Trinajstić information content (AvgIpc) is 2.41. The SMILES string of the molecule is Cc1cccc(NC(=O)CCSc2ccc(N)cc2)c1. The van der Waals surface area contributed by atoms with Gasteiger partial charge in [0.05, 0.1) is 0 Å². The van der Waals surface area contributed by atoms with E-state index in [2.05, 4.69) is 5.32 Å². The van der Waals surface area contributed by atoms with E-state index in [0.717, 1.165) is 27.6 Å². The maximum absolute atomic E-state index is 11.8. The number of hydrogen-bond acceptors (Lipinski definition) is 3. The third-order valence-electron chi connectivity index (χ3n) is 2.78. The summed E-state index contributed by atoms with van der Waals surface area (Å²) in [6.07, 6.45) is 0.489. The van der Waals surface area contributed by atoms with Crippen LogP contribution < -0.4 is 11.1 Å². The van der Waals surface area contributed by atoms with E-state index in [0.29, 0.717) is 6.42 Å². The number of anilines is 2. The summed E-state index contributed by atoms with van der Waals surface area (Å²) in [6.45, 7) is 2.01. The summed E-state index contributed by atoms with van der Waals surface area (Å²) < 4.78 is 0. The number of thioether (sulfide) groups is 1. The number of nitrogen functional groups attached to an aromatic ring is 1. The Labute approximate surface area is 123 Å². The summed E-state index contributed by atoms with van der Waals surface area (Å²) in [7, 11) is 0. The molecule has 4 heteroatoms. The molecule has 0 aliphatic heterocycles. The van der Waals surface area contributed by atoms with Crippen LogP contribution in [0.1, 0.15) is 12.0 Å². The zero-order valence-corrected chi connectivity index (χ0v) is 12.2. The van der Waals surface area contributed by atoms with Gasteiger partial charge in [0.25, 0.3) is 0 Å². The number of hydrogen-bond donors (Lipinski definition) is 2. The number of benzene rings is 2. The lowest BCUT2D eigenvalue weighted by atomic mass is 10.2.